The second-order valence-corrected chi connectivity index (χ2v) is 5.91. The van der Waals surface area contributed by atoms with Crippen molar-refractivity contribution in [3.05, 3.63) is 58.6 Å². The van der Waals surface area contributed by atoms with E-state index >= 15 is 0 Å². The summed E-state index contributed by atoms with van der Waals surface area (Å²) in [5.74, 6) is 0.547. The van der Waals surface area contributed by atoms with E-state index in [1.165, 1.54) is 0 Å². The first-order valence-electron chi connectivity index (χ1n) is 7.81. The van der Waals surface area contributed by atoms with Crippen LogP contribution in [-0.4, -0.2) is 31.7 Å². The molecule has 7 heteroatoms. The Morgan fingerprint density at radius 2 is 1.76 bits per heavy atom. The van der Waals surface area contributed by atoms with Gasteiger partial charge in [0.05, 0.1) is 6.54 Å². The highest BCUT2D eigenvalue weighted by molar-refractivity contribution is 6.30. The van der Waals surface area contributed by atoms with Crippen molar-refractivity contribution in [1.82, 2.24) is 10.6 Å². The molecule has 0 atom stereocenters. The van der Waals surface area contributed by atoms with Crippen molar-refractivity contribution < 1.29 is 19.1 Å². The fourth-order valence-electron chi connectivity index (χ4n) is 2.36. The number of benzene rings is 2. The van der Waals surface area contributed by atoms with E-state index in [1.54, 1.807) is 18.2 Å². The minimum absolute atomic E-state index is 0.0894. The zero-order valence-corrected chi connectivity index (χ0v) is 14.1. The third-order valence-electron chi connectivity index (χ3n) is 3.69. The number of nitrogens with one attached hydrogen (secondary N) is 2. The molecule has 0 saturated carbocycles. The van der Waals surface area contributed by atoms with Gasteiger partial charge >= 0.3 is 0 Å². The van der Waals surface area contributed by atoms with Crippen molar-refractivity contribution in [3.8, 4) is 11.5 Å². The molecule has 1 heterocycles. The highest BCUT2D eigenvalue weighted by Crippen LogP contribution is 2.32. The van der Waals surface area contributed by atoms with Crippen LogP contribution in [-0.2, 0) is 11.2 Å². The minimum Gasteiger partial charge on any atom is -0.454 e. The lowest BCUT2D eigenvalue weighted by Crippen LogP contribution is -2.37. The molecule has 2 amide bonds. The molecule has 2 N–H and O–H groups in total. The van der Waals surface area contributed by atoms with Gasteiger partial charge in [0.15, 0.2) is 11.5 Å². The van der Waals surface area contributed by atoms with Crippen LogP contribution >= 0.6 is 11.6 Å². The van der Waals surface area contributed by atoms with E-state index in [4.69, 9.17) is 21.1 Å². The van der Waals surface area contributed by atoms with Crippen molar-refractivity contribution >= 4 is 23.4 Å². The van der Waals surface area contributed by atoms with E-state index in [9.17, 15) is 9.59 Å². The van der Waals surface area contributed by atoms with E-state index in [0.29, 0.717) is 35.1 Å². The predicted molar refractivity (Wildman–Crippen MR) is 93.1 cm³/mol. The Labute approximate surface area is 150 Å². The van der Waals surface area contributed by atoms with Gasteiger partial charge in [0.2, 0.25) is 12.7 Å². The van der Waals surface area contributed by atoms with E-state index in [0.717, 1.165) is 5.56 Å². The number of halogens is 1. The van der Waals surface area contributed by atoms with Crippen LogP contribution in [0.25, 0.3) is 0 Å². The first-order chi connectivity index (χ1) is 12.1. The molecule has 130 valence electrons. The van der Waals surface area contributed by atoms with Gasteiger partial charge in [-0.3, -0.25) is 9.59 Å². The van der Waals surface area contributed by atoms with Gasteiger partial charge in [-0.2, -0.15) is 0 Å². The molecule has 0 fully saturated rings. The van der Waals surface area contributed by atoms with E-state index in [-0.39, 0.29) is 25.2 Å². The van der Waals surface area contributed by atoms with Crippen molar-refractivity contribution in [1.29, 1.82) is 0 Å². The summed E-state index contributed by atoms with van der Waals surface area (Å²) in [6.07, 6.45) is 0.693. The predicted octanol–water partition coefficient (Wildman–Crippen LogP) is 2.16. The van der Waals surface area contributed by atoms with E-state index in [1.807, 2.05) is 24.3 Å². The zero-order chi connectivity index (χ0) is 17.6. The molecule has 0 spiro atoms. The Morgan fingerprint density at radius 3 is 2.56 bits per heavy atom. The van der Waals surface area contributed by atoms with E-state index in [2.05, 4.69) is 10.6 Å². The van der Waals surface area contributed by atoms with Gasteiger partial charge in [0, 0.05) is 17.1 Å². The van der Waals surface area contributed by atoms with Crippen LogP contribution in [0.1, 0.15) is 15.9 Å². The molecule has 2 aromatic carbocycles. The third-order valence-corrected chi connectivity index (χ3v) is 3.95. The van der Waals surface area contributed by atoms with Crippen molar-refractivity contribution in [3.63, 3.8) is 0 Å². The SMILES string of the molecule is O=C(CNC(=O)c1ccc2c(c1)OCO2)NCCc1ccc(Cl)cc1. The zero-order valence-electron chi connectivity index (χ0n) is 13.4. The summed E-state index contributed by atoms with van der Waals surface area (Å²) in [7, 11) is 0. The van der Waals surface area contributed by atoms with Gasteiger partial charge in [-0.25, -0.2) is 0 Å². The molecule has 25 heavy (non-hydrogen) atoms. The van der Waals surface area contributed by atoms with Gasteiger partial charge < -0.3 is 20.1 Å². The Balaban J connectivity index is 1.41. The van der Waals surface area contributed by atoms with Gasteiger partial charge in [0.1, 0.15) is 0 Å². The quantitative estimate of drug-likeness (QED) is 0.827. The molecule has 0 unspecified atom stereocenters. The molecule has 3 rings (SSSR count). The number of hydrogen-bond acceptors (Lipinski definition) is 4. The fourth-order valence-corrected chi connectivity index (χ4v) is 2.49. The molecule has 1 aliphatic heterocycles. The molecule has 0 aliphatic carbocycles. The number of carbonyl (C=O) groups excluding carboxylic acids is 2. The fraction of sp³-hybridized carbons (Fsp3) is 0.222. The topological polar surface area (TPSA) is 76.7 Å². The summed E-state index contributed by atoms with van der Waals surface area (Å²) in [5.41, 5.74) is 1.49. The summed E-state index contributed by atoms with van der Waals surface area (Å²) in [6.45, 7) is 0.546. The second kappa shape index (κ2) is 7.90. The summed E-state index contributed by atoms with van der Waals surface area (Å²) in [4.78, 5) is 23.9. The third kappa shape index (κ3) is 4.64. The average molecular weight is 361 g/mol. The molecular formula is C18H17ClN2O4. The molecular weight excluding hydrogens is 344 g/mol. The molecule has 6 nitrogen and oxygen atoms in total. The van der Waals surface area contributed by atoms with Crippen LogP contribution in [0.4, 0.5) is 0 Å². The summed E-state index contributed by atoms with van der Waals surface area (Å²) in [5, 5.41) is 6.02. The number of carbonyl (C=O) groups is 2. The first-order valence-corrected chi connectivity index (χ1v) is 8.18. The smallest absolute Gasteiger partial charge is 0.251 e. The lowest BCUT2D eigenvalue weighted by molar-refractivity contribution is -0.120. The maximum absolute atomic E-state index is 12.1. The van der Waals surface area contributed by atoms with Crippen molar-refractivity contribution in [2.24, 2.45) is 0 Å². The van der Waals surface area contributed by atoms with Crippen LogP contribution in [0, 0.1) is 0 Å². The molecule has 0 aromatic heterocycles. The van der Waals surface area contributed by atoms with Gasteiger partial charge in [-0.1, -0.05) is 23.7 Å². The normalized spacial score (nSPS) is 11.9. The lowest BCUT2D eigenvalue weighted by atomic mass is 10.1. The monoisotopic (exact) mass is 360 g/mol. The number of fused-ring (bicyclic) bond motifs is 1. The van der Waals surface area contributed by atoms with Gasteiger partial charge in [-0.05, 0) is 42.3 Å². The summed E-state index contributed by atoms with van der Waals surface area (Å²) in [6, 6.07) is 12.3. The highest BCUT2D eigenvalue weighted by Gasteiger charge is 2.16. The van der Waals surface area contributed by atoms with Crippen LogP contribution in [0.3, 0.4) is 0 Å². The van der Waals surface area contributed by atoms with E-state index < -0.39 is 0 Å². The summed E-state index contributed by atoms with van der Waals surface area (Å²) < 4.78 is 10.4. The van der Waals surface area contributed by atoms with Crippen LogP contribution in [0.5, 0.6) is 11.5 Å². The van der Waals surface area contributed by atoms with Gasteiger partial charge in [-0.15, -0.1) is 0 Å². The molecule has 0 bridgehead atoms. The molecule has 0 saturated heterocycles. The summed E-state index contributed by atoms with van der Waals surface area (Å²) >= 11 is 5.82. The minimum atomic E-state index is -0.342. The molecule has 2 aromatic rings. The highest BCUT2D eigenvalue weighted by atomic mass is 35.5. The number of ether oxygens (including phenoxy) is 2. The average Bonchev–Trinajstić information content (AvgIpc) is 3.09. The van der Waals surface area contributed by atoms with Crippen LogP contribution in [0.15, 0.2) is 42.5 Å². The molecule has 0 radical (unpaired) electrons. The maximum Gasteiger partial charge on any atom is 0.251 e. The lowest BCUT2D eigenvalue weighted by Gasteiger charge is -2.08. The number of rotatable bonds is 6. The Morgan fingerprint density at radius 1 is 1.00 bits per heavy atom. The maximum atomic E-state index is 12.1. The van der Waals surface area contributed by atoms with Gasteiger partial charge in [0.25, 0.3) is 5.91 Å². The Bertz CT molecular complexity index is 777. The Hall–Kier alpha value is -2.73. The Kier molecular flexibility index (Phi) is 5.40. The van der Waals surface area contributed by atoms with Crippen molar-refractivity contribution in [2.45, 2.75) is 6.42 Å². The first kappa shape index (κ1) is 17.1. The standard InChI is InChI=1S/C18H17ClN2O4/c19-14-4-1-12(2-5-14)7-8-20-17(22)10-21-18(23)13-3-6-15-16(9-13)25-11-24-15/h1-6,9H,7-8,10-11H2,(H,20,22)(H,21,23). The van der Waals surface area contributed by atoms with Crippen LogP contribution in [0.2, 0.25) is 5.02 Å². The van der Waals surface area contributed by atoms with Crippen LogP contribution < -0.4 is 20.1 Å². The largest absolute Gasteiger partial charge is 0.454 e. The van der Waals surface area contributed by atoms with Crippen molar-refractivity contribution in [2.75, 3.05) is 19.9 Å². The number of hydrogen-bond donors (Lipinski definition) is 2. The second-order valence-electron chi connectivity index (χ2n) is 5.48. The molecule has 1 aliphatic rings. The number of amides is 2.